The zero-order valence-corrected chi connectivity index (χ0v) is 18.8. The minimum absolute atomic E-state index is 0.269. The van der Waals surface area contributed by atoms with Crippen LogP contribution in [-0.2, 0) is 18.4 Å². The summed E-state index contributed by atoms with van der Waals surface area (Å²) in [6.07, 6.45) is 6.93. The molecule has 1 atom stereocenters. The summed E-state index contributed by atoms with van der Waals surface area (Å²) in [6.45, 7) is 6.08. The Bertz CT molecular complexity index is 1130. The third-order valence-electron chi connectivity index (χ3n) is 7.16. The number of rotatable bonds is 6. The molecule has 0 aliphatic carbocycles. The zero-order valence-electron chi connectivity index (χ0n) is 18.8. The molecular weight excluding hydrogens is 394 g/mol. The Morgan fingerprint density at radius 1 is 1.09 bits per heavy atom. The molecule has 32 heavy (non-hydrogen) atoms. The fourth-order valence-electron chi connectivity index (χ4n) is 4.95. The molecule has 5 heteroatoms. The van der Waals surface area contributed by atoms with Crippen LogP contribution < -0.4 is 0 Å². The SMILES string of the molecule is Cc1ccccc1CC1(C#N)CCN(C(C)(Cc2ccc(C#N)cc2)c2cnc[nH]2)CC1. The van der Waals surface area contributed by atoms with Gasteiger partial charge in [0.05, 0.1) is 40.7 Å². The zero-order chi connectivity index (χ0) is 22.6. The Morgan fingerprint density at radius 2 is 1.81 bits per heavy atom. The fourth-order valence-corrected chi connectivity index (χ4v) is 4.95. The number of imidazole rings is 1. The van der Waals surface area contributed by atoms with Gasteiger partial charge in [-0.25, -0.2) is 4.98 Å². The first-order valence-corrected chi connectivity index (χ1v) is 11.2. The molecule has 4 rings (SSSR count). The van der Waals surface area contributed by atoms with E-state index in [1.54, 1.807) is 6.33 Å². The van der Waals surface area contributed by atoms with Crippen LogP contribution in [-0.4, -0.2) is 28.0 Å². The summed E-state index contributed by atoms with van der Waals surface area (Å²) in [6, 6.07) is 21.1. The number of nitrogens with zero attached hydrogens (tertiary/aromatic N) is 4. The molecule has 3 aromatic rings. The van der Waals surface area contributed by atoms with E-state index in [2.05, 4.69) is 65.1 Å². The van der Waals surface area contributed by atoms with Gasteiger partial charge in [0.25, 0.3) is 0 Å². The van der Waals surface area contributed by atoms with E-state index in [1.165, 1.54) is 16.7 Å². The van der Waals surface area contributed by atoms with E-state index in [-0.39, 0.29) is 11.0 Å². The molecule has 1 unspecified atom stereocenters. The van der Waals surface area contributed by atoms with Crippen molar-refractivity contribution in [3.8, 4) is 12.1 Å². The van der Waals surface area contributed by atoms with Gasteiger partial charge in [-0.2, -0.15) is 10.5 Å². The number of hydrogen-bond donors (Lipinski definition) is 1. The summed E-state index contributed by atoms with van der Waals surface area (Å²) in [5.74, 6) is 0. The van der Waals surface area contributed by atoms with Crippen molar-refractivity contribution in [3.63, 3.8) is 0 Å². The van der Waals surface area contributed by atoms with E-state index in [4.69, 9.17) is 5.26 Å². The summed E-state index contributed by atoms with van der Waals surface area (Å²) in [4.78, 5) is 10.1. The van der Waals surface area contributed by atoms with Crippen LogP contribution in [0.15, 0.2) is 61.1 Å². The van der Waals surface area contributed by atoms with Crippen LogP contribution in [0.2, 0.25) is 0 Å². The first-order chi connectivity index (χ1) is 15.5. The fraction of sp³-hybridized carbons (Fsp3) is 0.370. The Kier molecular flexibility index (Phi) is 6.12. The lowest BCUT2D eigenvalue weighted by molar-refractivity contribution is 0.0391. The number of H-pyrrole nitrogens is 1. The monoisotopic (exact) mass is 423 g/mol. The lowest BCUT2D eigenvalue weighted by atomic mass is 9.73. The van der Waals surface area contributed by atoms with Crippen molar-refractivity contribution in [1.29, 1.82) is 10.5 Å². The van der Waals surface area contributed by atoms with Crippen LogP contribution in [0.3, 0.4) is 0 Å². The second-order valence-corrected chi connectivity index (χ2v) is 9.21. The van der Waals surface area contributed by atoms with Gasteiger partial charge in [0.1, 0.15) is 0 Å². The molecule has 1 aliphatic heterocycles. The van der Waals surface area contributed by atoms with Gasteiger partial charge in [-0.3, -0.25) is 4.90 Å². The predicted molar refractivity (Wildman–Crippen MR) is 125 cm³/mol. The van der Waals surface area contributed by atoms with Crippen LogP contribution >= 0.6 is 0 Å². The minimum atomic E-state index is -0.327. The Hall–Kier alpha value is -3.41. The highest BCUT2D eigenvalue weighted by molar-refractivity contribution is 5.33. The number of hydrogen-bond acceptors (Lipinski definition) is 4. The quantitative estimate of drug-likeness (QED) is 0.612. The predicted octanol–water partition coefficient (Wildman–Crippen LogP) is 4.90. The molecule has 2 aromatic carbocycles. The Balaban J connectivity index is 1.55. The highest BCUT2D eigenvalue weighted by atomic mass is 15.2. The van der Waals surface area contributed by atoms with Crippen LogP contribution in [0.25, 0.3) is 0 Å². The molecule has 1 N–H and O–H groups in total. The number of aromatic nitrogens is 2. The van der Waals surface area contributed by atoms with Crippen LogP contribution in [0.4, 0.5) is 0 Å². The molecule has 0 spiro atoms. The highest BCUT2D eigenvalue weighted by Gasteiger charge is 2.42. The standard InChI is InChI=1S/C27H29N5/c1-21-5-3-4-6-24(21)16-27(19-29)11-13-32(14-12-27)26(2,25-18-30-20-31-25)15-22-7-9-23(17-28)10-8-22/h3-10,18,20H,11-16H2,1-2H3,(H,30,31). The maximum Gasteiger partial charge on any atom is 0.0991 e. The van der Waals surface area contributed by atoms with Crippen molar-refractivity contribution in [2.45, 2.75) is 45.1 Å². The van der Waals surface area contributed by atoms with E-state index in [1.807, 2.05) is 30.5 Å². The smallest absolute Gasteiger partial charge is 0.0991 e. The van der Waals surface area contributed by atoms with Gasteiger partial charge in [0.15, 0.2) is 0 Å². The lowest BCUT2D eigenvalue weighted by Crippen LogP contribution is -2.52. The van der Waals surface area contributed by atoms with Gasteiger partial charge < -0.3 is 4.98 Å². The molecule has 1 aromatic heterocycles. The van der Waals surface area contributed by atoms with E-state index in [0.717, 1.165) is 44.5 Å². The molecular formula is C27H29N5. The van der Waals surface area contributed by atoms with Gasteiger partial charge in [-0.15, -0.1) is 0 Å². The highest BCUT2D eigenvalue weighted by Crippen LogP contribution is 2.40. The van der Waals surface area contributed by atoms with Crippen molar-refractivity contribution in [2.75, 3.05) is 13.1 Å². The third kappa shape index (κ3) is 4.31. The number of nitriles is 2. The molecule has 162 valence electrons. The van der Waals surface area contributed by atoms with Gasteiger partial charge in [0, 0.05) is 19.3 Å². The molecule has 0 amide bonds. The normalized spacial score (nSPS) is 17.8. The maximum absolute atomic E-state index is 10.1. The number of aromatic amines is 1. The average molecular weight is 424 g/mol. The number of likely N-dealkylation sites (tertiary alicyclic amines) is 1. The number of nitrogens with one attached hydrogen (secondary N) is 1. The van der Waals surface area contributed by atoms with Crippen molar-refractivity contribution in [1.82, 2.24) is 14.9 Å². The topological polar surface area (TPSA) is 79.5 Å². The minimum Gasteiger partial charge on any atom is -0.347 e. The number of piperidine rings is 1. The van der Waals surface area contributed by atoms with E-state index < -0.39 is 0 Å². The van der Waals surface area contributed by atoms with Crippen LogP contribution in [0, 0.1) is 35.0 Å². The molecule has 2 heterocycles. The van der Waals surface area contributed by atoms with Crippen molar-refractivity contribution < 1.29 is 0 Å². The van der Waals surface area contributed by atoms with Crippen molar-refractivity contribution in [2.24, 2.45) is 5.41 Å². The Labute approximate surface area is 190 Å². The molecule has 5 nitrogen and oxygen atoms in total. The summed E-state index contributed by atoms with van der Waals surface area (Å²) < 4.78 is 0. The van der Waals surface area contributed by atoms with E-state index in [0.29, 0.717) is 5.56 Å². The molecule has 1 fully saturated rings. The Morgan fingerprint density at radius 3 is 2.41 bits per heavy atom. The molecule has 1 aliphatic rings. The van der Waals surface area contributed by atoms with E-state index >= 15 is 0 Å². The summed E-state index contributed by atoms with van der Waals surface area (Å²) in [5, 5.41) is 19.3. The molecule has 0 radical (unpaired) electrons. The number of aryl methyl sites for hydroxylation is 1. The summed E-state index contributed by atoms with van der Waals surface area (Å²) >= 11 is 0. The van der Waals surface area contributed by atoms with Gasteiger partial charge in [-0.1, -0.05) is 36.4 Å². The number of benzene rings is 2. The van der Waals surface area contributed by atoms with E-state index in [9.17, 15) is 5.26 Å². The summed E-state index contributed by atoms with van der Waals surface area (Å²) in [7, 11) is 0. The first kappa shape index (κ1) is 21.8. The molecule has 1 saturated heterocycles. The van der Waals surface area contributed by atoms with Gasteiger partial charge in [-0.05, 0) is 68.4 Å². The first-order valence-electron chi connectivity index (χ1n) is 11.2. The largest absolute Gasteiger partial charge is 0.347 e. The lowest BCUT2D eigenvalue weighted by Gasteiger charge is -2.47. The average Bonchev–Trinajstić information content (AvgIpc) is 3.37. The maximum atomic E-state index is 10.1. The second-order valence-electron chi connectivity index (χ2n) is 9.21. The second kappa shape index (κ2) is 8.99. The summed E-state index contributed by atoms with van der Waals surface area (Å²) in [5.41, 5.74) is 4.86. The van der Waals surface area contributed by atoms with Crippen LogP contribution in [0.5, 0.6) is 0 Å². The van der Waals surface area contributed by atoms with Crippen LogP contribution in [0.1, 0.15) is 47.7 Å². The molecule has 0 saturated carbocycles. The third-order valence-corrected chi connectivity index (χ3v) is 7.16. The van der Waals surface area contributed by atoms with Crippen molar-refractivity contribution in [3.05, 3.63) is 89.0 Å². The van der Waals surface area contributed by atoms with Gasteiger partial charge >= 0.3 is 0 Å². The van der Waals surface area contributed by atoms with Gasteiger partial charge in [0.2, 0.25) is 0 Å². The molecule has 0 bridgehead atoms. The van der Waals surface area contributed by atoms with Crippen molar-refractivity contribution >= 4 is 0 Å².